The fourth-order valence-electron chi connectivity index (χ4n) is 3.91. The first-order chi connectivity index (χ1) is 12.1. The standard InChI is InChI=1S/C19H24N4OS/c1-13-11-18(21-14(2)20-13)22-7-3-15(4-8-22)19(24)23-9-5-17-16(12-23)6-10-25-17/h6,10-11,15H,3-5,7-9,12H2,1-2H3. The van der Waals surface area contributed by atoms with Gasteiger partial charge in [-0.15, -0.1) is 11.3 Å². The number of carbonyl (C=O) groups excluding carboxylic acids is 1. The van der Waals surface area contributed by atoms with Gasteiger partial charge in [-0.1, -0.05) is 0 Å². The van der Waals surface area contributed by atoms with Crippen LogP contribution in [0, 0.1) is 19.8 Å². The molecule has 1 saturated heterocycles. The van der Waals surface area contributed by atoms with Gasteiger partial charge in [0.1, 0.15) is 11.6 Å². The highest BCUT2D eigenvalue weighted by molar-refractivity contribution is 7.10. The average molecular weight is 356 g/mol. The largest absolute Gasteiger partial charge is 0.356 e. The lowest BCUT2D eigenvalue weighted by molar-refractivity contribution is -0.137. The van der Waals surface area contributed by atoms with E-state index in [1.54, 1.807) is 0 Å². The van der Waals surface area contributed by atoms with Crippen LogP contribution in [0.1, 0.15) is 34.8 Å². The van der Waals surface area contributed by atoms with Crippen molar-refractivity contribution in [3.05, 3.63) is 39.5 Å². The van der Waals surface area contributed by atoms with Gasteiger partial charge >= 0.3 is 0 Å². The van der Waals surface area contributed by atoms with Crippen molar-refractivity contribution in [3.63, 3.8) is 0 Å². The second-order valence-corrected chi connectivity index (χ2v) is 8.06. The molecular formula is C19H24N4OS. The van der Waals surface area contributed by atoms with Gasteiger partial charge in [-0.25, -0.2) is 9.97 Å². The number of hydrogen-bond donors (Lipinski definition) is 0. The molecule has 6 heteroatoms. The van der Waals surface area contributed by atoms with Gasteiger partial charge in [-0.2, -0.15) is 0 Å². The van der Waals surface area contributed by atoms with Crippen LogP contribution in [0.5, 0.6) is 0 Å². The minimum Gasteiger partial charge on any atom is -0.356 e. The number of piperidine rings is 1. The molecular weight excluding hydrogens is 332 g/mol. The molecule has 2 aromatic heterocycles. The Morgan fingerprint density at radius 3 is 2.76 bits per heavy atom. The number of carbonyl (C=O) groups is 1. The van der Waals surface area contributed by atoms with E-state index in [1.807, 2.05) is 31.3 Å². The van der Waals surface area contributed by atoms with E-state index in [0.717, 1.165) is 62.8 Å². The molecule has 0 N–H and O–H groups in total. The molecule has 132 valence electrons. The summed E-state index contributed by atoms with van der Waals surface area (Å²) in [5.41, 5.74) is 2.34. The number of fused-ring (bicyclic) bond motifs is 1. The summed E-state index contributed by atoms with van der Waals surface area (Å²) < 4.78 is 0. The van der Waals surface area contributed by atoms with Crippen molar-refractivity contribution in [1.29, 1.82) is 0 Å². The van der Waals surface area contributed by atoms with Gasteiger partial charge in [0, 0.05) is 48.7 Å². The third-order valence-electron chi connectivity index (χ3n) is 5.24. The first kappa shape index (κ1) is 16.5. The van der Waals surface area contributed by atoms with Crippen LogP contribution in [-0.4, -0.2) is 40.4 Å². The fourth-order valence-corrected chi connectivity index (χ4v) is 4.80. The van der Waals surface area contributed by atoms with Gasteiger partial charge in [0.2, 0.25) is 5.91 Å². The molecule has 0 aliphatic carbocycles. The molecule has 2 aromatic rings. The third kappa shape index (κ3) is 3.40. The van der Waals surface area contributed by atoms with Gasteiger partial charge in [-0.3, -0.25) is 4.79 Å². The molecule has 5 nitrogen and oxygen atoms in total. The number of rotatable bonds is 2. The minimum absolute atomic E-state index is 0.153. The van der Waals surface area contributed by atoms with Crippen molar-refractivity contribution in [3.8, 4) is 0 Å². The molecule has 4 rings (SSSR count). The molecule has 0 bridgehead atoms. The lowest BCUT2D eigenvalue weighted by Crippen LogP contribution is -2.44. The van der Waals surface area contributed by atoms with Gasteiger partial charge < -0.3 is 9.80 Å². The van der Waals surface area contributed by atoms with Crippen molar-refractivity contribution in [2.24, 2.45) is 5.92 Å². The lowest BCUT2D eigenvalue weighted by Gasteiger charge is -2.36. The van der Waals surface area contributed by atoms with Crippen molar-refractivity contribution in [2.75, 3.05) is 24.5 Å². The predicted molar refractivity (Wildman–Crippen MR) is 99.9 cm³/mol. The number of amides is 1. The molecule has 0 unspecified atom stereocenters. The maximum absolute atomic E-state index is 12.9. The van der Waals surface area contributed by atoms with E-state index >= 15 is 0 Å². The topological polar surface area (TPSA) is 49.3 Å². The quantitative estimate of drug-likeness (QED) is 0.830. The summed E-state index contributed by atoms with van der Waals surface area (Å²) in [5.74, 6) is 2.30. The van der Waals surface area contributed by atoms with E-state index in [2.05, 4.69) is 31.2 Å². The maximum Gasteiger partial charge on any atom is 0.226 e. The highest BCUT2D eigenvalue weighted by Crippen LogP contribution is 2.28. The van der Waals surface area contributed by atoms with Gasteiger partial charge in [-0.05, 0) is 50.1 Å². The van der Waals surface area contributed by atoms with E-state index in [-0.39, 0.29) is 5.92 Å². The Bertz CT molecular complexity index is 759. The molecule has 0 spiro atoms. The lowest BCUT2D eigenvalue weighted by atomic mass is 9.94. The van der Waals surface area contributed by atoms with Gasteiger partial charge in [0.05, 0.1) is 0 Å². The van der Waals surface area contributed by atoms with E-state index < -0.39 is 0 Å². The van der Waals surface area contributed by atoms with Crippen LogP contribution in [-0.2, 0) is 17.8 Å². The molecule has 4 heterocycles. The fraction of sp³-hybridized carbons (Fsp3) is 0.526. The highest BCUT2D eigenvalue weighted by atomic mass is 32.1. The molecule has 2 aliphatic heterocycles. The summed E-state index contributed by atoms with van der Waals surface area (Å²) >= 11 is 1.82. The molecule has 0 radical (unpaired) electrons. The second-order valence-electron chi connectivity index (χ2n) is 7.05. The summed E-state index contributed by atoms with van der Waals surface area (Å²) in [6.45, 7) is 7.39. The smallest absolute Gasteiger partial charge is 0.226 e. The molecule has 1 amide bonds. The summed E-state index contributed by atoms with van der Waals surface area (Å²) in [5, 5.41) is 2.14. The van der Waals surface area contributed by atoms with E-state index in [1.165, 1.54) is 10.4 Å². The number of nitrogens with zero attached hydrogens (tertiary/aromatic N) is 4. The number of hydrogen-bond acceptors (Lipinski definition) is 5. The number of aryl methyl sites for hydroxylation is 2. The molecule has 0 aromatic carbocycles. The summed E-state index contributed by atoms with van der Waals surface area (Å²) in [4.78, 5) is 27.6. The van der Waals surface area contributed by atoms with Crippen LogP contribution in [0.2, 0.25) is 0 Å². The number of thiophene rings is 1. The van der Waals surface area contributed by atoms with E-state index in [0.29, 0.717) is 5.91 Å². The first-order valence-corrected chi connectivity index (χ1v) is 9.89. The Labute approximate surface area is 152 Å². The Kier molecular flexibility index (Phi) is 4.46. The molecule has 0 saturated carbocycles. The zero-order valence-corrected chi connectivity index (χ0v) is 15.7. The third-order valence-corrected chi connectivity index (χ3v) is 6.26. The van der Waals surface area contributed by atoms with Crippen molar-refractivity contribution < 1.29 is 4.79 Å². The molecule has 25 heavy (non-hydrogen) atoms. The minimum atomic E-state index is 0.153. The van der Waals surface area contributed by atoms with Crippen molar-refractivity contribution in [1.82, 2.24) is 14.9 Å². The van der Waals surface area contributed by atoms with Crippen molar-refractivity contribution >= 4 is 23.1 Å². The summed E-state index contributed by atoms with van der Waals surface area (Å²) in [6.07, 6.45) is 2.83. The Balaban J connectivity index is 1.38. The predicted octanol–water partition coefficient (Wildman–Crippen LogP) is 2.96. The van der Waals surface area contributed by atoms with Crippen LogP contribution < -0.4 is 4.90 Å². The molecule has 2 aliphatic rings. The van der Waals surface area contributed by atoms with E-state index in [9.17, 15) is 4.79 Å². The maximum atomic E-state index is 12.9. The molecule has 0 atom stereocenters. The van der Waals surface area contributed by atoms with Crippen molar-refractivity contribution in [2.45, 2.75) is 39.7 Å². The SMILES string of the molecule is Cc1cc(N2CCC(C(=O)N3CCc4sccc4C3)CC2)nc(C)n1. The Morgan fingerprint density at radius 2 is 2.00 bits per heavy atom. The monoisotopic (exact) mass is 356 g/mol. The summed E-state index contributed by atoms with van der Waals surface area (Å²) in [6, 6.07) is 4.21. The zero-order chi connectivity index (χ0) is 17.4. The van der Waals surface area contributed by atoms with Crippen LogP contribution in [0.3, 0.4) is 0 Å². The normalized spacial score (nSPS) is 18.3. The number of aromatic nitrogens is 2. The highest BCUT2D eigenvalue weighted by Gasteiger charge is 2.31. The summed E-state index contributed by atoms with van der Waals surface area (Å²) in [7, 11) is 0. The van der Waals surface area contributed by atoms with Gasteiger partial charge in [0.15, 0.2) is 0 Å². The zero-order valence-electron chi connectivity index (χ0n) is 14.9. The Morgan fingerprint density at radius 1 is 1.20 bits per heavy atom. The van der Waals surface area contributed by atoms with Crippen LogP contribution in [0.4, 0.5) is 5.82 Å². The van der Waals surface area contributed by atoms with Gasteiger partial charge in [0.25, 0.3) is 0 Å². The second kappa shape index (κ2) is 6.75. The molecule has 1 fully saturated rings. The van der Waals surface area contributed by atoms with Crippen LogP contribution in [0.15, 0.2) is 17.5 Å². The number of anilines is 1. The Hall–Kier alpha value is -1.95. The average Bonchev–Trinajstić information content (AvgIpc) is 3.08. The van der Waals surface area contributed by atoms with Crippen LogP contribution in [0.25, 0.3) is 0 Å². The van der Waals surface area contributed by atoms with Crippen LogP contribution >= 0.6 is 11.3 Å². The first-order valence-electron chi connectivity index (χ1n) is 9.01. The van der Waals surface area contributed by atoms with E-state index in [4.69, 9.17) is 0 Å².